The summed E-state index contributed by atoms with van der Waals surface area (Å²) in [7, 11) is 1.66. The van der Waals surface area contributed by atoms with Crippen molar-refractivity contribution in [3.8, 4) is 0 Å². The van der Waals surface area contributed by atoms with Gasteiger partial charge in [-0.15, -0.1) is 0 Å². The van der Waals surface area contributed by atoms with Crippen molar-refractivity contribution in [1.82, 2.24) is 5.32 Å². The quantitative estimate of drug-likeness (QED) is 0.764. The highest BCUT2D eigenvalue weighted by molar-refractivity contribution is 5.92. The Bertz CT molecular complexity index is 322. The third-order valence-electron chi connectivity index (χ3n) is 2.08. The van der Waals surface area contributed by atoms with Crippen molar-refractivity contribution in [1.29, 1.82) is 0 Å². The minimum atomic E-state index is -0.0265. The number of nitrogens with one attached hydrogen (secondary N) is 2. The lowest BCUT2D eigenvalue weighted by Gasteiger charge is -2.06. The van der Waals surface area contributed by atoms with E-state index in [1.807, 2.05) is 31.2 Å². The minimum absolute atomic E-state index is 0.0265. The molecular weight excluding hydrogens is 204 g/mol. The summed E-state index contributed by atoms with van der Waals surface area (Å²) in [4.78, 5) is 11.4. The number of carbonyl (C=O) groups excluding carboxylic acids is 1. The molecule has 0 unspecified atom stereocenters. The fourth-order valence-electron chi connectivity index (χ4n) is 1.29. The van der Waals surface area contributed by atoms with Crippen LogP contribution < -0.4 is 10.6 Å². The number of anilines is 1. The zero-order valence-electron chi connectivity index (χ0n) is 9.75. The van der Waals surface area contributed by atoms with Crippen LogP contribution in [-0.4, -0.2) is 26.1 Å². The number of methoxy groups -OCH3 is 1. The third-order valence-corrected chi connectivity index (χ3v) is 2.08. The molecule has 0 spiro atoms. The van der Waals surface area contributed by atoms with Crippen LogP contribution in [0.2, 0.25) is 0 Å². The molecule has 0 fully saturated rings. The van der Waals surface area contributed by atoms with Gasteiger partial charge in [0, 0.05) is 12.8 Å². The minimum Gasteiger partial charge on any atom is -0.380 e. The fraction of sp³-hybridized carbons (Fsp3) is 0.417. The molecular formula is C12H18N2O2. The van der Waals surface area contributed by atoms with Gasteiger partial charge in [-0.2, -0.15) is 0 Å². The van der Waals surface area contributed by atoms with Gasteiger partial charge in [-0.05, 0) is 24.2 Å². The molecule has 0 bridgehead atoms. The van der Waals surface area contributed by atoms with Gasteiger partial charge in [-0.25, -0.2) is 0 Å². The molecule has 0 aliphatic carbocycles. The highest BCUT2D eigenvalue weighted by Crippen LogP contribution is 2.09. The summed E-state index contributed by atoms with van der Waals surface area (Å²) in [6, 6.07) is 7.62. The number of amides is 1. The summed E-state index contributed by atoms with van der Waals surface area (Å²) in [5.41, 5.74) is 1.90. The van der Waals surface area contributed by atoms with E-state index in [-0.39, 0.29) is 5.91 Å². The first-order valence-electron chi connectivity index (χ1n) is 5.34. The number of benzene rings is 1. The maximum Gasteiger partial charge on any atom is 0.238 e. The van der Waals surface area contributed by atoms with Crippen LogP contribution in [0.4, 0.5) is 5.69 Å². The Kier molecular flexibility index (Phi) is 5.53. The lowest BCUT2D eigenvalue weighted by atomic mass is 10.2. The average Bonchev–Trinajstić information content (AvgIpc) is 2.29. The zero-order valence-corrected chi connectivity index (χ0v) is 9.75. The molecule has 0 saturated carbocycles. The van der Waals surface area contributed by atoms with E-state index in [2.05, 4.69) is 10.6 Å². The Balaban J connectivity index is 2.45. The van der Waals surface area contributed by atoms with Crippen molar-refractivity contribution >= 4 is 11.6 Å². The monoisotopic (exact) mass is 222 g/mol. The fourth-order valence-corrected chi connectivity index (χ4v) is 1.29. The molecule has 4 nitrogen and oxygen atoms in total. The summed E-state index contributed by atoms with van der Waals surface area (Å²) in [6.45, 7) is 3.69. The van der Waals surface area contributed by atoms with Crippen LogP contribution in [0.15, 0.2) is 24.3 Å². The molecule has 0 heterocycles. The molecule has 0 aromatic heterocycles. The number of carbonyl (C=O) groups is 1. The van der Waals surface area contributed by atoms with Crippen LogP contribution in [-0.2, 0) is 16.1 Å². The highest BCUT2D eigenvalue weighted by atomic mass is 16.5. The predicted molar refractivity (Wildman–Crippen MR) is 64.3 cm³/mol. The van der Waals surface area contributed by atoms with Crippen molar-refractivity contribution in [2.24, 2.45) is 0 Å². The molecule has 4 heteroatoms. The number of hydrogen-bond acceptors (Lipinski definition) is 3. The number of hydrogen-bond donors (Lipinski definition) is 2. The Labute approximate surface area is 96.0 Å². The van der Waals surface area contributed by atoms with Gasteiger partial charge in [0.1, 0.15) is 0 Å². The molecule has 0 saturated heterocycles. The number of likely N-dealkylation sites (N-methyl/N-ethyl adjacent to an activating group) is 1. The average molecular weight is 222 g/mol. The van der Waals surface area contributed by atoms with Gasteiger partial charge >= 0.3 is 0 Å². The van der Waals surface area contributed by atoms with Crippen molar-refractivity contribution in [2.75, 3.05) is 25.5 Å². The Morgan fingerprint density at radius 3 is 2.56 bits per heavy atom. The molecule has 16 heavy (non-hydrogen) atoms. The summed E-state index contributed by atoms with van der Waals surface area (Å²) in [6.07, 6.45) is 0. The Morgan fingerprint density at radius 1 is 1.31 bits per heavy atom. The maximum absolute atomic E-state index is 11.4. The van der Waals surface area contributed by atoms with Gasteiger partial charge in [0.15, 0.2) is 0 Å². The molecule has 0 atom stereocenters. The molecule has 2 N–H and O–H groups in total. The van der Waals surface area contributed by atoms with Crippen molar-refractivity contribution in [3.05, 3.63) is 29.8 Å². The molecule has 1 aromatic rings. The molecule has 88 valence electrons. The van der Waals surface area contributed by atoms with E-state index in [4.69, 9.17) is 4.74 Å². The van der Waals surface area contributed by atoms with Crippen molar-refractivity contribution in [2.45, 2.75) is 13.5 Å². The lowest BCUT2D eigenvalue weighted by molar-refractivity contribution is -0.115. The SMILES string of the molecule is CCNCC(=O)Nc1ccc(COC)cc1. The van der Waals surface area contributed by atoms with Crippen LogP contribution >= 0.6 is 0 Å². The van der Waals surface area contributed by atoms with Gasteiger partial charge in [-0.3, -0.25) is 4.79 Å². The van der Waals surface area contributed by atoms with E-state index in [1.165, 1.54) is 0 Å². The van der Waals surface area contributed by atoms with Gasteiger partial charge in [0.2, 0.25) is 5.91 Å². The van der Waals surface area contributed by atoms with Crippen molar-refractivity contribution < 1.29 is 9.53 Å². The van der Waals surface area contributed by atoms with Crippen LogP contribution in [0.1, 0.15) is 12.5 Å². The summed E-state index contributed by atoms with van der Waals surface area (Å²) in [5, 5.41) is 5.77. The normalized spacial score (nSPS) is 10.1. The molecule has 0 aliphatic heterocycles. The van der Waals surface area contributed by atoms with E-state index < -0.39 is 0 Å². The second-order valence-corrected chi connectivity index (χ2v) is 3.46. The lowest BCUT2D eigenvalue weighted by Crippen LogP contribution is -2.27. The molecule has 0 radical (unpaired) electrons. The Morgan fingerprint density at radius 2 is 2.00 bits per heavy atom. The molecule has 1 rings (SSSR count). The van der Waals surface area contributed by atoms with E-state index in [9.17, 15) is 4.79 Å². The largest absolute Gasteiger partial charge is 0.380 e. The first-order chi connectivity index (χ1) is 7.76. The second kappa shape index (κ2) is 6.98. The van der Waals surface area contributed by atoms with Crippen LogP contribution in [0.5, 0.6) is 0 Å². The van der Waals surface area contributed by atoms with E-state index in [0.717, 1.165) is 17.8 Å². The van der Waals surface area contributed by atoms with Gasteiger partial charge in [0.25, 0.3) is 0 Å². The van der Waals surface area contributed by atoms with Gasteiger partial charge < -0.3 is 15.4 Å². The summed E-state index contributed by atoms with van der Waals surface area (Å²) in [5.74, 6) is -0.0265. The van der Waals surface area contributed by atoms with Gasteiger partial charge in [-0.1, -0.05) is 19.1 Å². The topological polar surface area (TPSA) is 50.4 Å². The summed E-state index contributed by atoms with van der Waals surface area (Å²) >= 11 is 0. The Hall–Kier alpha value is -1.39. The smallest absolute Gasteiger partial charge is 0.238 e. The van der Waals surface area contributed by atoms with E-state index in [0.29, 0.717) is 13.2 Å². The van der Waals surface area contributed by atoms with Crippen LogP contribution in [0.25, 0.3) is 0 Å². The predicted octanol–water partition coefficient (Wildman–Crippen LogP) is 1.38. The van der Waals surface area contributed by atoms with Gasteiger partial charge in [0.05, 0.1) is 13.2 Å². The molecule has 1 amide bonds. The first-order valence-corrected chi connectivity index (χ1v) is 5.34. The van der Waals surface area contributed by atoms with E-state index in [1.54, 1.807) is 7.11 Å². The third kappa shape index (κ3) is 4.42. The standard InChI is InChI=1S/C12H18N2O2/c1-3-13-8-12(15)14-11-6-4-10(5-7-11)9-16-2/h4-7,13H,3,8-9H2,1-2H3,(H,14,15). The second-order valence-electron chi connectivity index (χ2n) is 3.46. The van der Waals surface area contributed by atoms with E-state index >= 15 is 0 Å². The number of rotatable bonds is 6. The van der Waals surface area contributed by atoms with Crippen LogP contribution in [0.3, 0.4) is 0 Å². The maximum atomic E-state index is 11.4. The highest BCUT2D eigenvalue weighted by Gasteiger charge is 2.00. The van der Waals surface area contributed by atoms with Crippen molar-refractivity contribution in [3.63, 3.8) is 0 Å². The zero-order chi connectivity index (χ0) is 11.8. The molecule has 0 aliphatic rings. The van der Waals surface area contributed by atoms with Crippen LogP contribution in [0, 0.1) is 0 Å². The molecule has 1 aromatic carbocycles. The first kappa shape index (κ1) is 12.7. The number of ether oxygens (including phenoxy) is 1. The summed E-state index contributed by atoms with van der Waals surface area (Å²) < 4.78 is 5.00.